The van der Waals surface area contributed by atoms with Crippen LogP contribution in [0.1, 0.15) is 32.3 Å². The van der Waals surface area contributed by atoms with Crippen molar-refractivity contribution in [1.29, 1.82) is 0 Å². The van der Waals surface area contributed by atoms with E-state index in [2.05, 4.69) is 0 Å². The predicted molar refractivity (Wildman–Crippen MR) is 75.4 cm³/mol. The average Bonchev–Trinajstić information content (AvgIpc) is 2.50. The van der Waals surface area contributed by atoms with E-state index in [-0.39, 0.29) is 29.9 Å². The fourth-order valence-corrected chi connectivity index (χ4v) is 1.41. The van der Waals surface area contributed by atoms with E-state index < -0.39 is 23.7 Å². The lowest BCUT2D eigenvalue weighted by molar-refractivity contribution is -0.148. The molecule has 0 aliphatic carbocycles. The Morgan fingerprint density at radius 3 is 1.91 bits per heavy atom. The Kier molecular flexibility index (Phi) is 6.12. The largest absolute Gasteiger partial charge is 0.508 e. The number of carbonyl (C=O) groups excluding carboxylic acids is 2. The van der Waals surface area contributed by atoms with E-state index in [9.17, 15) is 24.6 Å². The van der Waals surface area contributed by atoms with Crippen molar-refractivity contribution in [1.82, 2.24) is 0 Å². The first-order valence-electron chi connectivity index (χ1n) is 6.57. The van der Waals surface area contributed by atoms with Gasteiger partial charge >= 0.3 is 17.9 Å². The van der Waals surface area contributed by atoms with E-state index in [1.54, 1.807) is 0 Å². The molecule has 0 heterocycles. The Morgan fingerprint density at radius 2 is 1.45 bits per heavy atom. The zero-order chi connectivity index (χ0) is 16.7. The molecule has 0 atom stereocenters. The number of carbonyl (C=O) groups is 3. The van der Waals surface area contributed by atoms with Gasteiger partial charge in [0.2, 0.25) is 0 Å². The summed E-state index contributed by atoms with van der Waals surface area (Å²) in [5.74, 6) is -4.22. The average molecular weight is 308 g/mol. The van der Waals surface area contributed by atoms with Gasteiger partial charge in [-0.25, -0.2) is 4.79 Å². The number of ether oxygens (including phenoxy) is 2. The molecule has 0 aliphatic rings. The summed E-state index contributed by atoms with van der Waals surface area (Å²) in [6, 6.07) is 5.26. The molecule has 22 heavy (non-hydrogen) atoms. The quantitative estimate of drug-likeness (QED) is 0.470. The van der Waals surface area contributed by atoms with Gasteiger partial charge in [-0.2, -0.15) is 0 Å². The maximum absolute atomic E-state index is 11.5. The van der Waals surface area contributed by atoms with E-state index in [1.807, 2.05) is 0 Å². The molecule has 2 N–H and O–H groups in total. The first-order valence-corrected chi connectivity index (χ1v) is 6.57. The summed E-state index contributed by atoms with van der Waals surface area (Å²) in [5, 5.41) is 18.5. The molecule has 0 unspecified atom stereocenters. The van der Waals surface area contributed by atoms with Crippen molar-refractivity contribution in [3.05, 3.63) is 35.6 Å². The van der Waals surface area contributed by atoms with Gasteiger partial charge in [-0.15, -0.1) is 0 Å². The molecule has 7 nitrogen and oxygen atoms in total. The van der Waals surface area contributed by atoms with Crippen LogP contribution < -0.4 is 0 Å². The Balaban J connectivity index is 3.38. The van der Waals surface area contributed by atoms with Crippen molar-refractivity contribution in [2.45, 2.75) is 26.7 Å². The van der Waals surface area contributed by atoms with Gasteiger partial charge in [0.1, 0.15) is 5.75 Å². The molecule has 0 aliphatic heterocycles. The second-order valence-electron chi connectivity index (χ2n) is 4.17. The summed E-state index contributed by atoms with van der Waals surface area (Å²) in [4.78, 5) is 34.2. The van der Waals surface area contributed by atoms with Crippen LogP contribution in [-0.4, -0.2) is 28.1 Å². The Bertz CT molecular complexity index is 599. The number of phenols is 1. The number of hydrogen-bond donors (Lipinski definition) is 2. The molecule has 0 saturated carbocycles. The van der Waals surface area contributed by atoms with Crippen LogP contribution >= 0.6 is 0 Å². The highest BCUT2D eigenvalue weighted by Crippen LogP contribution is 2.24. The summed E-state index contributed by atoms with van der Waals surface area (Å²) in [7, 11) is 0. The zero-order valence-electron chi connectivity index (χ0n) is 12.2. The summed E-state index contributed by atoms with van der Waals surface area (Å²) in [6.45, 7) is 3.04. The lowest BCUT2D eigenvalue weighted by atomic mass is 10.1. The number of hydrogen-bond acceptors (Lipinski definition) is 6. The van der Waals surface area contributed by atoms with Crippen molar-refractivity contribution in [3.63, 3.8) is 0 Å². The maximum atomic E-state index is 11.5. The number of esters is 2. The Labute approximate surface area is 126 Å². The summed E-state index contributed by atoms with van der Waals surface area (Å²) in [6.07, 6.45) is -0.0302. The van der Waals surface area contributed by atoms with Gasteiger partial charge in [-0.3, -0.25) is 9.59 Å². The third kappa shape index (κ3) is 4.62. The van der Waals surface area contributed by atoms with Crippen molar-refractivity contribution in [2.75, 3.05) is 0 Å². The normalized spacial score (nSPS) is 11.4. The fourth-order valence-electron chi connectivity index (χ4n) is 1.41. The van der Waals surface area contributed by atoms with Crippen LogP contribution in [0.15, 0.2) is 30.0 Å². The molecule has 0 spiro atoms. The highest BCUT2D eigenvalue weighted by molar-refractivity contribution is 5.97. The van der Waals surface area contributed by atoms with Gasteiger partial charge in [0.05, 0.1) is 0 Å². The molecule has 1 aromatic rings. The Morgan fingerprint density at radius 1 is 0.955 bits per heavy atom. The molecule has 0 amide bonds. The molecule has 0 bridgehead atoms. The van der Waals surface area contributed by atoms with Gasteiger partial charge in [0, 0.05) is 18.4 Å². The highest BCUT2D eigenvalue weighted by Gasteiger charge is 2.24. The molecule has 118 valence electrons. The van der Waals surface area contributed by atoms with E-state index in [0.717, 1.165) is 0 Å². The smallest absolute Gasteiger partial charge is 0.375 e. The molecule has 1 rings (SSSR count). The van der Waals surface area contributed by atoms with Crippen LogP contribution in [-0.2, 0) is 23.9 Å². The zero-order valence-corrected chi connectivity index (χ0v) is 12.2. The summed E-state index contributed by atoms with van der Waals surface area (Å²) >= 11 is 0. The predicted octanol–water partition coefficient (Wildman–Crippen LogP) is 2.05. The van der Waals surface area contributed by atoms with Crippen LogP contribution in [0.3, 0.4) is 0 Å². The fraction of sp³-hybridized carbons (Fsp3) is 0.267. The second kappa shape index (κ2) is 7.82. The number of carboxylic acid groups (broad SMARTS) is 1. The van der Waals surface area contributed by atoms with Crippen molar-refractivity contribution >= 4 is 23.7 Å². The Hall–Kier alpha value is -2.83. The standard InChI is InChI=1S/C15H16O7/c1-3-11(17)21-13(9-5-7-10(16)8-6-9)14(15(19)20)22-12(18)4-2/h5-8,16H,3-4H2,1-2H3,(H,19,20). The van der Waals surface area contributed by atoms with Crippen LogP contribution in [0.5, 0.6) is 5.75 Å². The third-order valence-electron chi connectivity index (χ3n) is 2.54. The van der Waals surface area contributed by atoms with Crippen LogP contribution in [0, 0.1) is 0 Å². The minimum absolute atomic E-state index is 0.0101. The van der Waals surface area contributed by atoms with E-state index in [4.69, 9.17) is 9.47 Å². The number of carboxylic acids is 1. The number of aromatic hydroxyl groups is 1. The first kappa shape index (κ1) is 17.2. The lowest BCUT2D eigenvalue weighted by Gasteiger charge is -2.12. The second-order valence-corrected chi connectivity index (χ2v) is 4.17. The monoisotopic (exact) mass is 308 g/mol. The van der Waals surface area contributed by atoms with Crippen LogP contribution in [0.2, 0.25) is 0 Å². The number of phenolic OH excluding ortho intramolecular Hbond substituents is 1. The summed E-state index contributed by atoms with van der Waals surface area (Å²) < 4.78 is 9.75. The number of aliphatic carboxylic acids is 1. The van der Waals surface area contributed by atoms with Crippen LogP contribution in [0.4, 0.5) is 0 Å². The van der Waals surface area contributed by atoms with Gasteiger partial charge in [0.15, 0.2) is 5.76 Å². The lowest BCUT2D eigenvalue weighted by Crippen LogP contribution is -2.15. The van der Waals surface area contributed by atoms with Crippen molar-refractivity contribution in [2.24, 2.45) is 0 Å². The van der Waals surface area contributed by atoms with Crippen molar-refractivity contribution in [3.8, 4) is 5.75 Å². The topological polar surface area (TPSA) is 110 Å². The SMILES string of the molecule is CCC(=O)OC(C(=O)O)=C(OC(=O)CC)c1ccc(O)cc1. The minimum atomic E-state index is -1.55. The van der Waals surface area contributed by atoms with Gasteiger partial charge < -0.3 is 19.7 Å². The molecule has 0 radical (unpaired) electrons. The maximum Gasteiger partial charge on any atom is 0.375 e. The van der Waals surface area contributed by atoms with Gasteiger partial charge in [-0.1, -0.05) is 13.8 Å². The van der Waals surface area contributed by atoms with E-state index in [0.29, 0.717) is 0 Å². The van der Waals surface area contributed by atoms with Crippen LogP contribution in [0.25, 0.3) is 5.76 Å². The molecule has 7 heteroatoms. The number of benzene rings is 1. The van der Waals surface area contributed by atoms with E-state index >= 15 is 0 Å². The first-order chi connectivity index (χ1) is 10.4. The third-order valence-corrected chi connectivity index (χ3v) is 2.54. The molecule has 0 fully saturated rings. The van der Waals surface area contributed by atoms with E-state index in [1.165, 1.54) is 38.1 Å². The molecule has 0 saturated heterocycles. The van der Waals surface area contributed by atoms with Gasteiger partial charge in [-0.05, 0) is 24.3 Å². The molecule has 1 aromatic carbocycles. The molecular formula is C15H16O7. The van der Waals surface area contributed by atoms with Gasteiger partial charge in [0.25, 0.3) is 5.76 Å². The molecule has 0 aromatic heterocycles. The number of rotatable bonds is 6. The minimum Gasteiger partial charge on any atom is -0.508 e. The summed E-state index contributed by atoms with van der Waals surface area (Å²) in [5.41, 5.74) is 0.181. The van der Waals surface area contributed by atoms with Crippen molar-refractivity contribution < 1.29 is 34.1 Å². The highest BCUT2D eigenvalue weighted by atomic mass is 16.6. The molecular weight excluding hydrogens is 292 g/mol.